The van der Waals surface area contributed by atoms with E-state index in [-0.39, 0.29) is 6.61 Å². The molecule has 0 aliphatic heterocycles. The van der Waals surface area contributed by atoms with Crippen LogP contribution < -0.4 is 0 Å². The minimum Gasteiger partial charge on any atom is -0.464 e. The van der Waals surface area contributed by atoms with Gasteiger partial charge in [0.15, 0.2) is 0 Å². The van der Waals surface area contributed by atoms with Gasteiger partial charge in [0.25, 0.3) is 5.60 Å². The zero-order valence-electron chi connectivity index (χ0n) is 8.89. The van der Waals surface area contributed by atoms with Crippen molar-refractivity contribution >= 4 is 5.97 Å². The number of carbonyl (C=O) groups excluding carboxylic acids is 1. The van der Waals surface area contributed by atoms with E-state index in [1.54, 1.807) is 0 Å². The van der Waals surface area contributed by atoms with Gasteiger partial charge in [-0.3, -0.25) is 0 Å². The van der Waals surface area contributed by atoms with Crippen LogP contribution in [0.3, 0.4) is 0 Å². The third-order valence-corrected chi connectivity index (χ3v) is 1.79. The Morgan fingerprint density at radius 1 is 1.40 bits per heavy atom. The molecular weight excluding hydrogens is 213 g/mol. The fraction of sp³-hybridized carbons (Fsp3) is 0.889. The van der Waals surface area contributed by atoms with E-state index in [1.807, 2.05) is 0 Å². The fourth-order valence-electron chi connectivity index (χ4n) is 1.16. The van der Waals surface area contributed by atoms with Crippen LogP contribution in [0.2, 0.25) is 0 Å². The predicted molar refractivity (Wildman–Crippen MR) is 47.1 cm³/mol. The number of alkyl halides is 3. The Balaban J connectivity index is 4.94. The molecule has 1 N–H and O–H groups in total. The quantitative estimate of drug-likeness (QED) is 0.747. The van der Waals surface area contributed by atoms with Crippen LogP contribution in [0.1, 0.15) is 27.2 Å². The second-order valence-electron chi connectivity index (χ2n) is 3.68. The largest absolute Gasteiger partial charge is 0.464 e. The molecule has 0 aliphatic rings. The van der Waals surface area contributed by atoms with E-state index in [0.717, 1.165) is 0 Å². The summed E-state index contributed by atoms with van der Waals surface area (Å²) >= 11 is 0. The van der Waals surface area contributed by atoms with Gasteiger partial charge in [-0.25, -0.2) is 4.79 Å². The number of halogens is 3. The number of carbonyl (C=O) groups is 1. The minimum absolute atomic E-state index is 0.199. The maximum Gasteiger partial charge on any atom is 0.428 e. The van der Waals surface area contributed by atoms with Crippen molar-refractivity contribution in [3.63, 3.8) is 0 Å². The molecule has 90 valence electrons. The molecular formula is C9H15F3O3. The molecule has 0 bridgehead atoms. The van der Waals surface area contributed by atoms with E-state index < -0.39 is 30.1 Å². The highest BCUT2D eigenvalue weighted by Gasteiger charge is 2.60. The van der Waals surface area contributed by atoms with Gasteiger partial charge in [0.1, 0.15) is 0 Å². The van der Waals surface area contributed by atoms with Crippen molar-refractivity contribution in [2.75, 3.05) is 6.61 Å². The average molecular weight is 228 g/mol. The molecule has 0 spiro atoms. The summed E-state index contributed by atoms with van der Waals surface area (Å²) in [7, 11) is 0. The predicted octanol–water partition coefficient (Wildman–Crippen LogP) is 1.89. The first-order valence-electron chi connectivity index (χ1n) is 4.61. The molecule has 0 saturated heterocycles. The number of aliphatic hydroxyl groups is 1. The Kier molecular flexibility index (Phi) is 4.58. The van der Waals surface area contributed by atoms with Crippen LogP contribution >= 0.6 is 0 Å². The number of ether oxygens (including phenoxy) is 1. The van der Waals surface area contributed by atoms with Gasteiger partial charge < -0.3 is 9.84 Å². The molecule has 0 aromatic carbocycles. The van der Waals surface area contributed by atoms with Crippen LogP contribution in [0, 0.1) is 5.92 Å². The summed E-state index contributed by atoms with van der Waals surface area (Å²) in [6.07, 6.45) is -5.71. The van der Waals surface area contributed by atoms with Crippen molar-refractivity contribution in [2.45, 2.75) is 39.0 Å². The third kappa shape index (κ3) is 3.37. The van der Waals surface area contributed by atoms with Crippen molar-refractivity contribution in [1.29, 1.82) is 0 Å². The van der Waals surface area contributed by atoms with Gasteiger partial charge in [0.2, 0.25) is 0 Å². The second kappa shape index (κ2) is 4.83. The molecule has 0 rings (SSSR count). The highest BCUT2D eigenvalue weighted by molar-refractivity contribution is 5.80. The highest BCUT2D eigenvalue weighted by Crippen LogP contribution is 2.36. The van der Waals surface area contributed by atoms with Crippen LogP contribution in [0.15, 0.2) is 0 Å². The Morgan fingerprint density at radius 3 is 2.13 bits per heavy atom. The van der Waals surface area contributed by atoms with Crippen LogP contribution in [-0.4, -0.2) is 29.5 Å². The van der Waals surface area contributed by atoms with Crippen molar-refractivity contribution < 1.29 is 27.8 Å². The first-order chi connectivity index (χ1) is 6.65. The molecule has 0 heterocycles. The Hall–Kier alpha value is -0.780. The van der Waals surface area contributed by atoms with Gasteiger partial charge in [0.05, 0.1) is 6.61 Å². The smallest absolute Gasteiger partial charge is 0.428 e. The molecule has 0 aromatic heterocycles. The van der Waals surface area contributed by atoms with Crippen LogP contribution in [0.4, 0.5) is 13.2 Å². The molecule has 15 heavy (non-hydrogen) atoms. The fourth-order valence-corrected chi connectivity index (χ4v) is 1.16. The standard InChI is InChI=1S/C9H15F3O3/c1-4-15-7(13)8(14,5-6(2)3)9(10,11)12/h6,14H,4-5H2,1-3H3. The lowest BCUT2D eigenvalue weighted by molar-refractivity contribution is -0.266. The lowest BCUT2D eigenvalue weighted by Gasteiger charge is -2.29. The third-order valence-electron chi connectivity index (χ3n) is 1.79. The Labute approximate surface area is 86.2 Å². The molecule has 1 unspecified atom stereocenters. The van der Waals surface area contributed by atoms with E-state index in [2.05, 4.69) is 4.74 Å². The van der Waals surface area contributed by atoms with Crippen LogP contribution in [-0.2, 0) is 9.53 Å². The van der Waals surface area contributed by atoms with Gasteiger partial charge in [0, 0.05) is 0 Å². The molecule has 0 aromatic rings. The summed E-state index contributed by atoms with van der Waals surface area (Å²) in [4.78, 5) is 11.1. The van der Waals surface area contributed by atoms with Gasteiger partial charge in [-0.1, -0.05) is 13.8 Å². The molecule has 0 amide bonds. The summed E-state index contributed by atoms with van der Waals surface area (Å²) in [6.45, 7) is 4.14. The van der Waals surface area contributed by atoms with E-state index in [1.165, 1.54) is 20.8 Å². The molecule has 0 radical (unpaired) electrons. The summed E-state index contributed by atoms with van der Waals surface area (Å²) < 4.78 is 41.7. The lowest BCUT2D eigenvalue weighted by Crippen LogP contribution is -2.53. The topological polar surface area (TPSA) is 46.5 Å². The SMILES string of the molecule is CCOC(=O)C(O)(CC(C)C)C(F)(F)F. The molecule has 0 saturated carbocycles. The second-order valence-corrected chi connectivity index (χ2v) is 3.68. The highest BCUT2D eigenvalue weighted by atomic mass is 19.4. The molecule has 1 atom stereocenters. The average Bonchev–Trinajstić information content (AvgIpc) is 2.01. The van der Waals surface area contributed by atoms with Crippen molar-refractivity contribution in [3.05, 3.63) is 0 Å². The molecule has 3 nitrogen and oxygen atoms in total. The maximum absolute atomic E-state index is 12.5. The number of hydrogen-bond donors (Lipinski definition) is 1. The molecule has 0 fully saturated rings. The molecule has 6 heteroatoms. The summed E-state index contributed by atoms with van der Waals surface area (Å²) in [5.41, 5.74) is -3.39. The number of rotatable bonds is 4. The van der Waals surface area contributed by atoms with Crippen molar-refractivity contribution in [3.8, 4) is 0 Å². The first kappa shape index (κ1) is 14.2. The van der Waals surface area contributed by atoms with E-state index in [9.17, 15) is 23.1 Å². The van der Waals surface area contributed by atoms with Crippen LogP contribution in [0.5, 0.6) is 0 Å². The summed E-state index contributed by atoms with van der Waals surface area (Å²) in [5, 5.41) is 9.32. The summed E-state index contributed by atoms with van der Waals surface area (Å²) in [6, 6.07) is 0. The van der Waals surface area contributed by atoms with E-state index >= 15 is 0 Å². The Morgan fingerprint density at radius 2 is 1.87 bits per heavy atom. The van der Waals surface area contributed by atoms with Gasteiger partial charge in [-0.2, -0.15) is 13.2 Å². The first-order valence-corrected chi connectivity index (χ1v) is 4.61. The Bertz CT molecular complexity index is 225. The van der Waals surface area contributed by atoms with Gasteiger partial charge in [-0.05, 0) is 19.3 Å². The zero-order valence-corrected chi connectivity index (χ0v) is 8.89. The van der Waals surface area contributed by atoms with Crippen molar-refractivity contribution in [2.24, 2.45) is 5.92 Å². The number of hydrogen-bond acceptors (Lipinski definition) is 3. The number of esters is 1. The van der Waals surface area contributed by atoms with E-state index in [4.69, 9.17) is 0 Å². The monoisotopic (exact) mass is 228 g/mol. The van der Waals surface area contributed by atoms with E-state index in [0.29, 0.717) is 0 Å². The van der Waals surface area contributed by atoms with Crippen LogP contribution in [0.25, 0.3) is 0 Å². The summed E-state index contributed by atoms with van der Waals surface area (Å²) in [5.74, 6) is -2.10. The lowest BCUT2D eigenvalue weighted by atomic mass is 9.92. The zero-order chi connectivity index (χ0) is 12.3. The normalized spacial score (nSPS) is 16.3. The maximum atomic E-state index is 12.5. The molecule has 0 aliphatic carbocycles. The van der Waals surface area contributed by atoms with Crippen molar-refractivity contribution in [1.82, 2.24) is 0 Å². The van der Waals surface area contributed by atoms with Gasteiger partial charge >= 0.3 is 12.1 Å². The minimum atomic E-state index is -5.01. The van der Waals surface area contributed by atoms with Gasteiger partial charge in [-0.15, -0.1) is 0 Å².